The lowest BCUT2D eigenvalue weighted by Gasteiger charge is -2.33. The number of sulfonamides is 1. The molecular weight excluding hydrogens is 308 g/mol. The molecule has 0 radical (unpaired) electrons. The molecule has 1 saturated heterocycles. The monoisotopic (exact) mass is 326 g/mol. The minimum absolute atomic E-state index is 0.202. The zero-order chi connectivity index (χ0) is 16.2. The van der Waals surface area contributed by atoms with Crippen molar-refractivity contribution < 1.29 is 18.0 Å². The predicted molar refractivity (Wildman–Crippen MR) is 78.7 cm³/mol. The molecule has 2 amide bonds. The summed E-state index contributed by atoms with van der Waals surface area (Å²) in [5.41, 5.74) is 1.90. The van der Waals surface area contributed by atoms with Crippen molar-refractivity contribution in [3.05, 3.63) is 30.3 Å². The Morgan fingerprint density at radius 3 is 2.23 bits per heavy atom. The molecule has 1 fully saturated rings. The quantitative estimate of drug-likeness (QED) is 0.316. The van der Waals surface area contributed by atoms with E-state index in [0.717, 1.165) is 0 Å². The number of rotatable bonds is 4. The number of benzene rings is 1. The number of hydrogen-bond donors (Lipinski definition) is 2. The molecule has 120 valence electrons. The number of nitrogens with two attached hydrogens (primary N) is 1. The summed E-state index contributed by atoms with van der Waals surface area (Å²) in [6.45, 7) is 0.909. The van der Waals surface area contributed by atoms with Crippen LogP contribution in [0.4, 0.5) is 0 Å². The highest BCUT2D eigenvalue weighted by molar-refractivity contribution is 7.89. The number of amides is 2. The van der Waals surface area contributed by atoms with E-state index in [4.69, 9.17) is 5.84 Å². The third-order valence-electron chi connectivity index (χ3n) is 3.45. The van der Waals surface area contributed by atoms with Crippen molar-refractivity contribution in [2.75, 3.05) is 26.2 Å². The number of nitrogens with one attached hydrogen (secondary N) is 1. The number of hydrazine groups is 1. The zero-order valence-corrected chi connectivity index (χ0v) is 12.8. The molecule has 1 heterocycles. The van der Waals surface area contributed by atoms with Crippen LogP contribution in [0.15, 0.2) is 35.2 Å². The van der Waals surface area contributed by atoms with Crippen LogP contribution in [0.2, 0.25) is 0 Å². The van der Waals surface area contributed by atoms with E-state index in [1.807, 2.05) is 5.43 Å². The van der Waals surface area contributed by atoms with E-state index >= 15 is 0 Å². The molecule has 2 rings (SSSR count). The molecule has 1 aromatic rings. The van der Waals surface area contributed by atoms with Crippen molar-refractivity contribution in [1.29, 1.82) is 0 Å². The highest BCUT2D eigenvalue weighted by atomic mass is 32.2. The number of nitrogens with zero attached hydrogens (tertiary/aromatic N) is 2. The normalized spacial score (nSPS) is 16.3. The molecule has 0 saturated carbocycles. The molecule has 0 unspecified atom stereocenters. The summed E-state index contributed by atoms with van der Waals surface area (Å²) in [5, 5.41) is 0. The van der Waals surface area contributed by atoms with Gasteiger partial charge in [-0.2, -0.15) is 4.31 Å². The molecule has 1 aromatic carbocycles. The summed E-state index contributed by atoms with van der Waals surface area (Å²) in [5.74, 6) is 4.01. The van der Waals surface area contributed by atoms with Crippen LogP contribution in [0.1, 0.15) is 6.42 Å². The fourth-order valence-corrected chi connectivity index (χ4v) is 3.66. The number of carbonyl (C=O) groups excluding carboxylic acids is 2. The fraction of sp³-hybridized carbons (Fsp3) is 0.385. The Balaban J connectivity index is 1.98. The molecule has 0 spiro atoms. The Morgan fingerprint density at radius 2 is 1.68 bits per heavy atom. The zero-order valence-electron chi connectivity index (χ0n) is 11.9. The Labute approximate surface area is 128 Å². The van der Waals surface area contributed by atoms with Crippen molar-refractivity contribution in [3.8, 4) is 0 Å². The second kappa shape index (κ2) is 6.86. The average molecular weight is 326 g/mol. The first kappa shape index (κ1) is 16.4. The molecule has 1 aliphatic rings. The number of piperazine rings is 1. The Morgan fingerprint density at radius 1 is 1.09 bits per heavy atom. The number of hydrogen-bond acceptors (Lipinski definition) is 5. The van der Waals surface area contributed by atoms with E-state index in [1.54, 1.807) is 30.3 Å². The minimum atomic E-state index is -3.54. The van der Waals surface area contributed by atoms with Gasteiger partial charge in [0.15, 0.2) is 0 Å². The van der Waals surface area contributed by atoms with Gasteiger partial charge in [0.05, 0.1) is 4.90 Å². The predicted octanol–water partition coefficient (Wildman–Crippen LogP) is -1.10. The van der Waals surface area contributed by atoms with Gasteiger partial charge in [-0.25, -0.2) is 14.3 Å². The van der Waals surface area contributed by atoms with Gasteiger partial charge >= 0.3 is 0 Å². The summed E-state index contributed by atoms with van der Waals surface area (Å²) in [6.07, 6.45) is -0.331. The van der Waals surface area contributed by atoms with Gasteiger partial charge in [0.2, 0.25) is 21.8 Å². The van der Waals surface area contributed by atoms with Crippen molar-refractivity contribution in [2.45, 2.75) is 11.3 Å². The van der Waals surface area contributed by atoms with Gasteiger partial charge in [0, 0.05) is 26.2 Å². The Bertz CT molecular complexity index is 639. The van der Waals surface area contributed by atoms with Gasteiger partial charge in [0.25, 0.3) is 0 Å². The van der Waals surface area contributed by atoms with Gasteiger partial charge < -0.3 is 4.90 Å². The first-order chi connectivity index (χ1) is 10.4. The standard InChI is InChI=1S/C13H18N4O4S/c14-15-12(18)10-13(19)16-6-8-17(9-7-16)22(20,21)11-4-2-1-3-5-11/h1-5H,6-10,14H2,(H,15,18). The maximum Gasteiger partial charge on any atom is 0.243 e. The lowest BCUT2D eigenvalue weighted by molar-refractivity contribution is -0.137. The van der Waals surface area contributed by atoms with Gasteiger partial charge in [-0.05, 0) is 12.1 Å². The highest BCUT2D eigenvalue weighted by Gasteiger charge is 2.30. The summed E-state index contributed by atoms with van der Waals surface area (Å²) >= 11 is 0. The molecule has 22 heavy (non-hydrogen) atoms. The van der Waals surface area contributed by atoms with Crippen LogP contribution in [0, 0.1) is 0 Å². The molecule has 9 heteroatoms. The summed E-state index contributed by atoms with van der Waals surface area (Å²) in [7, 11) is -3.54. The lowest BCUT2D eigenvalue weighted by atomic mass is 10.3. The van der Waals surface area contributed by atoms with Crippen LogP contribution in [0.5, 0.6) is 0 Å². The topological polar surface area (TPSA) is 113 Å². The summed E-state index contributed by atoms with van der Waals surface area (Å²) in [4.78, 5) is 24.6. The van der Waals surface area contributed by atoms with Gasteiger partial charge in [-0.15, -0.1) is 0 Å². The summed E-state index contributed by atoms with van der Waals surface area (Å²) < 4.78 is 26.2. The smallest absolute Gasteiger partial charge is 0.243 e. The van der Waals surface area contributed by atoms with E-state index in [1.165, 1.54) is 9.21 Å². The van der Waals surface area contributed by atoms with E-state index in [-0.39, 0.29) is 43.4 Å². The van der Waals surface area contributed by atoms with Crippen molar-refractivity contribution in [2.24, 2.45) is 5.84 Å². The highest BCUT2D eigenvalue weighted by Crippen LogP contribution is 2.17. The molecule has 8 nitrogen and oxygen atoms in total. The Kier molecular flexibility index (Phi) is 5.11. The third kappa shape index (κ3) is 3.62. The van der Waals surface area contributed by atoms with Crippen LogP contribution in [0.25, 0.3) is 0 Å². The molecule has 0 aliphatic carbocycles. The molecule has 3 N–H and O–H groups in total. The maximum absolute atomic E-state index is 12.4. The first-order valence-electron chi connectivity index (χ1n) is 6.77. The molecule has 0 bridgehead atoms. The van der Waals surface area contributed by atoms with Crippen LogP contribution < -0.4 is 11.3 Å². The van der Waals surface area contributed by atoms with Gasteiger partial charge in [-0.1, -0.05) is 18.2 Å². The third-order valence-corrected chi connectivity index (χ3v) is 5.36. The second-order valence-electron chi connectivity index (χ2n) is 4.84. The second-order valence-corrected chi connectivity index (χ2v) is 6.78. The molecule has 0 aromatic heterocycles. The van der Waals surface area contributed by atoms with E-state index in [2.05, 4.69) is 0 Å². The number of carbonyl (C=O) groups is 2. The van der Waals surface area contributed by atoms with Gasteiger partial charge in [-0.3, -0.25) is 15.0 Å². The van der Waals surface area contributed by atoms with Crippen molar-refractivity contribution in [3.63, 3.8) is 0 Å². The SMILES string of the molecule is NNC(=O)CC(=O)N1CCN(S(=O)(=O)c2ccccc2)CC1. The van der Waals surface area contributed by atoms with E-state index in [0.29, 0.717) is 0 Å². The van der Waals surface area contributed by atoms with Crippen LogP contribution >= 0.6 is 0 Å². The summed E-state index contributed by atoms with van der Waals surface area (Å²) in [6, 6.07) is 8.16. The molecule has 1 aliphatic heterocycles. The molecular formula is C13H18N4O4S. The van der Waals surface area contributed by atoms with E-state index in [9.17, 15) is 18.0 Å². The largest absolute Gasteiger partial charge is 0.340 e. The minimum Gasteiger partial charge on any atom is -0.340 e. The molecule has 0 atom stereocenters. The van der Waals surface area contributed by atoms with E-state index < -0.39 is 15.9 Å². The van der Waals surface area contributed by atoms with Gasteiger partial charge in [0.1, 0.15) is 6.42 Å². The first-order valence-corrected chi connectivity index (χ1v) is 8.21. The Hall–Kier alpha value is -1.97. The van der Waals surface area contributed by atoms with Crippen molar-refractivity contribution in [1.82, 2.24) is 14.6 Å². The maximum atomic E-state index is 12.4. The van der Waals surface area contributed by atoms with Crippen LogP contribution in [-0.4, -0.2) is 55.6 Å². The lowest BCUT2D eigenvalue weighted by Crippen LogP contribution is -2.51. The van der Waals surface area contributed by atoms with Crippen LogP contribution in [-0.2, 0) is 19.6 Å². The average Bonchev–Trinajstić information content (AvgIpc) is 2.55. The van der Waals surface area contributed by atoms with Crippen LogP contribution in [0.3, 0.4) is 0 Å². The fourth-order valence-electron chi connectivity index (χ4n) is 2.22. The van der Waals surface area contributed by atoms with Crippen molar-refractivity contribution >= 4 is 21.8 Å².